The first-order valence-electron chi connectivity index (χ1n) is 7.58. The smallest absolute Gasteiger partial charge is 0.242 e. The van der Waals surface area contributed by atoms with Crippen LogP contribution < -0.4 is 10.9 Å². The molecule has 0 unspecified atom stereocenters. The molecule has 4 heteroatoms. The van der Waals surface area contributed by atoms with Crippen LogP contribution in [0.15, 0.2) is 11.6 Å². The van der Waals surface area contributed by atoms with Gasteiger partial charge in [0.15, 0.2) is 0 Å². The largest absolute Gasteiger partial charge is 0.273 e. The molecule has 2 aliphatic rings. The molecule has 0 spiro atoms. The molecule has 0 heterocycles. The molecule has 0 aliphatic heterocycles. The molecule has 2 N–H and O–H groups in total. The normalized spacial score (nSPS) is 27.8. The van der Waals surface area contributed by atoms with Crippen molar-refractivity contribution in [2.24, 2.45) is 23.2 Å². The molecule has 4 nitrogen and oxygen atoms in total. The first kappa shape index (κ1) is 15.1. The zero-order valence-corrected chi connectivity index (χ0v) is 13.0. The third kappa shape index (κ3) is 3.05. The van der Waals surface area contributed by atoms with Gasteiger partial charge in [0.05, 0.1) is 5.92 Å². The zero-order valence-electron chi connectivity index (χ0n) is 13.0. The summed E-state index contributed by atoms with van der Waals surface area (Å²) in [6.07, 6.45) is 6.27. The van der Waals surface area contributed by atoms with Crippen molar-refractivity contribution < 1.29 is 9.59 Å². The van der Waals surface area contributed by atoms with Crippen molar-refractivity contribution in [3.8, 4) is 0 Å². The monoisotopic (exact) mass is 278 g/mol. The second-order valence-corrected chi connectivity index (χ2v) is 7.03. The van der Waals surface area contributed by atoms with Crippen LogP contribution in [0.25, 0.3) is 0 Å². The highest BCUT2D eigenvalue weighted by atomic mass is 16.2. The predicted octanol–water partition coefficient (Wildman–Crippen LogP) is 2.56. The molecule has 0 bridgehead atoms. The van der Waals surface area contributed by atoms with Gasteiger partial charge in [-0.2, -0.15) is 0 Å². The van der Waals surface area contributed by atoms with Gasteiger partial charge in [-0.3, -0.25) is 20.4 Å². The predicted molar refractivity (Wildman–Crippen MR) is 78.4 cm³/mol. The minimum atomic E-state index is -0.0659. The van der Waals surface area contributed by atoms with E-state index in [1.165, 1.54) is 5.57 Å². The summed E-state index contributed by atoms with van der Waals surface area (Å²) in [4.78, 5) is 24.1. The number of nitrogens with one attached hydrogen (secondary N) is 2. The van der Waals surface area contributed by atoms with Crippen LogP contribution in [-0.2, 0) is 9.59 Å². The van der Waals surface area contributed by atoms with Gasteiger partial charge in [-0.15, -0.1) is 0 Å². The van der Waals surface area contributed by atoms with Crippen molar-refractivity contribution in [3.63, 3.8) is 0 Å². The number of amides is 2. The Kier molecular flexibility index (Phi) is 4.21. The van der Waals surface area contributed by atoms with E-state index in [4.69, 9.17) is 0 Å². The van der Waals surface area contributed by atoms with E-state index in [1.807, 2.05) is 13.8 Å². The van der Waals surface area contributed by atoms with E-state index >= 15 is 0 Å². The highest BCUT2D eigenvalue weighted by Crippen LogP contribution is 2.59. The van der Waals surface area contributed by atoms with Crippen molar-refractivity contribution in [2.75, 3.05) is 0 Å². The Morgan fingerprint density at radius 2 is 1.60 bits per heavy atom. The lowest BCUT2D eigenvalue weighted by atomic mass is 10.1. The Labute approximate surface area is 121 Å². The third-order valence-corrected chi connectivity index (χ3v) is 4.74. The molecule has 2 aliphatic carbocycles. The lowest BCUT2D eigenvalue weighted by molar-refractivity contribution is -0.132. The lowest BCUT2D eigenvalue weighted by Crippen LogP contribution is -2.45. The molecule has 0 saturated heterocycles. The number of carbonyl (C=O) groups is 2. The molecule has 2 atom stereocenters. The van der Waals surface area contributed by atoms with E-state index < -0.39 is 0 Å². The molecule has 2 saturated carbocycles. The third-order valence-electron chi connectivity index (χ3n) is 4.74. The number of hydrazine groups is 1. The fourth-order valence-corrected chi connectivity index (χ4v) is 3.34. The fourth-order valence-electron chi connectivity index (χ4n) is 3.34. The first-order valence-corrected chi connectivity index (χ1v) is 7.58. The van der Waals surface area contributed by atoms with Gasteiger partial charge in [0.25, 0.3) is 0 Å². The molecule has 0 aromatic carbocycles. The van der Waals surface area contributed by atoms with E-state index in [1.54, 1.807) is 0 Å². The highest BCUT2D eigenvalue weighted by Gasteiger charge is 2.60. The molecule has 0 aromatic rings. The van der Waals surface area contributed by atoms with Gasteiger partial charge < -0.3 is 0 Å². The Morgan fingerprint density at radius 3 is 2.15 bits per heavy atom. The quantitative estimate of drug-likeness (QED) is 0.616. The minimum absolute atomic E-state index is 0.0144. The van der Waals surface area contributed by atoms with Crippen LogP contribution >= 0.6 is 0 Å². The van der Waals surface area contributed by atoms with Crippen LogP contribution in [0.3, 0.4) is 0 Å². The summed E-state index contributed by atoms with van der Waals surface area (Å²) < 4.78 is 0. The van der Waals surface area contributed by atoms with Crippen LogP contribution in [0.2, 0.25) is 0 Å². The Bertz CT molecular complexity index is 430. The van der Waals surface area contributed by atoms with Gasteiger partial charge in [-0.1, -0.05) is 38.3 Å². The van der Waals surface area contributed by atoms with Crippen molar-refractivity contribution in [1.29, 1.82) is 0 Å². The van der Waals surface area contributed by atoms with E-state index in [0.717, 1.165) is 25.7 Å². The summed E-state index contributed by atoms with van der Waals surface area (Å²) in [5, 5.41) is 0. The van der Waals surface area contributed by atoms with E-state index in [9.17, 15) is 9.59 Å². The number of rotatable bonds is 3. The number of allylic oxidation sites excluding steroid dienone is 2. The SMILES string of the molecule is CC(C)=C[C@@H]1[C@@H](C(=O)NNC(=O)C2CCCC2)C1(C)C. The molecular formula is C16H26N2O2. The number of hydrogen-bond acceptors (Lipinski definition) is 2. The van der Waals surface area contributed by atoms with Crippen molar-refractivity contribution in [3.05, 3.63) is 11.6 Å². The van der Waals surface area contributed by atoms with Crippen molar-refractivity contribution >= 4 is 11.8 Å². The zero-order chi connectivity index (χ0) is 14.9. The standard InChI is InChI=1S/C16H26N2O2/c1-10(2)9-12-13(16(12,3)4)15(20)18-17-14(19)11-7-5-6-8-11/h9,11-13H,5-8H2,1-4H3,(H,17,19)(H,18,20)/t12-,13+/m1/s1. The maximum atomic E-state index is 12.2. The molecule has 20 heavy (non-hydrogen) atoms. The summed E-state index contributed by atoms with van der Waals surface area (Å²) >= 11 is 0. The summed E-state index contributed by atoms with van der Waals surface area (Å²) in [6.45, 7) is 8.29. The van der Waals surface area contributed by atoms with Gasteiger partial charge in [-0.25, -0.2) is 0 Å². The van der Waals surface area contributed by atoms with Crippen LogP contribution in [0.4, 0.5) is 0 Å². The van der Waals surface area contributed by atoms with Crippen LogP contribution in [0, 0.1) is 23.2 Å². The second kappa shape index (κ2) is 5.58. The maximum absolute atomic E-state index is 12.2. The lowest BCUT2D eigenvalue weighted by Gasteiger charge is -2.11. The minimum Gasteiger partial charge on any atom is -0.273 e. The molecule has 2 fully saturated rings. The van der Waals surface area contributed by atoms with Crippen molar-refractivity contribution in [1.82, 2.24) is 10.9 Å². The van der Waals surface area contributed by atoms with Crippen molar-refractivity contribution in [2.45, 2.75) is 53.4 Å². The highest BCUT2D eigenvalue weighted by molar-refractivity contribution is 5.87. The Hall–Kier alpha value is -1.32. The molecule has 0 aromatic heterocycles. The van der Waals surface area contributed by atoms with E-state index in [2.05, 4.69) is 30.8 Å². The average Bonchev–Trinajstić information content (AvgIpc) is 2.79. The number of hydrogen-bond donors (Lipinski definition) is 2. The molecular weight excluding hydrogens is 252 g/mol. The van der Waals surface area contributed by atoms with Crippen LogP contribution in [-0.4, -0.2) is 11.8 Å². The van der Waals surface area contributed by atoms with Gasteiger partial charge >= 0.3 is 0 Å². The molecule has 0 radical (unpaired) electrons. The topological polar surface area (TPSA) is 58.2 Å². The molecule has 2 rings (SSSR count). The summed E-state index contributed by atoms with van der Waals surface area (Å²) in [7, 11) is 0. The summed E-state index contributed by atoms with van der Waals surface area (Å²) in [5.74, 6) is 0.213. The van der Waals surface area contributed by atoms with Gasteiger partial charge in [0.1, 0.15) is 0 Å². The summed E-state index contributed by atoms with van der Waals surface area (Å²) in [6, 6.07) is 0. The second-order valence-electron chi connectivity index (χ2n) is 7.03. The average molecular weight is 278 g/mol. The fraction of sp³-hybridized carbons (Fsp3) is 0.750. The Balaban J connectivity index is 1.83. The van der Waals surface area contributed by atoms with Crippen LogP contribution in [0.5, 0.6) is 0 Å². The maximum Gasteiger partial charge on any atom is 0.242 e. The van der Waals surface area contributed by atoms with Gasteiger partial charge in [-0.05, 0) is 38.0 Å². The molecule has 112 valence electrons. The van der Waals surface area contributed by atoms with Gasteiger partial charge in [0.2, 0.25) is 11.8 Å². The summed E-state index contributed by atoms with van der Waals surface area (Å²) in [5.41, 5.74) is 6.43. The Morgan fingerprint density at radius 1 is 1.05 bits per heavy atom. The van der Waals surface area contributed by atoms with E-state index in [-0.39, 0.29) is 35.0 Å². The molecule has 2 amide bonds. The van der Waals surface area contributed by atoms with E-state index in [0.29, 0.717) is 0 Å². The van der Waals surface area contributed by atoms with Crippen LogP contribution in [0.1, 0.15) is 53.4 Å². The first-order chi connectivity index (χ1) is 9.34. The van der Waals surface area contributed by atoms with Gasteiger partial charge in [0, 0.05) is 5.92 Å². The number of carbonyl (C=O) groups excluding carboxylic acids is 2.